The molecule has 3 aliphatic rings. The molecule has 0 aliphatic carbocycles. The number of unbranched alkanes of at least 4 members (excludes halogenated alkanes) is 7. The zero-order valence-corrected chi connectivity index (χ0v) is 20.8. The molecular weight excluding hydrogens is 416 g/mol. The van der Waals surface area contributed by atoms with Gasteiger partial charge in [-0.3, -0.25) is 9.79 Å². The second kappa shape index (κ2) is 13.0. The fraction of sp³-hybridized carbons (Fsp3) is 0.880. The monoisotopic (exact) mass is 462 g/mol. The third-order valence-corrected chi connectivity index (χ3v) is 7.46. The number of hydrogen-bond donors (Lipinski definition) is 3. The normalized spacial score (nSPS) is 28.0. The molecule has 5 atom stereocenters. The van der Waals surface area contributed by atoms with Crippen LogP contribution in [0.15, 0.2) is 9.98 Å². The summed E-state index contributed by atoms with van der Waals surface area (Å²) in [6.07, 6.45) is 15.6. The minimum absolute atomic E-state index is 0.0565. The van der Waals surface area contributed by atoms with Gasteiger partial charge in [0.15, 0.2) is 11.9 Å². The molecule has 2 fully saturated rings. The van der Waals surface area contributed by atoms with Crippen LogP contribution in [0.3, 0.4) is 0 Å². The average molecular weight is 463 g/mol. The number of hydrogen-bond acceptors (Lipinski definition) is 6. The molecule has 8 heteroatoms. The lowest BCUT2D eigenvalue weighted by molar-refractivity contribution is -0.151. The molecule has 3 aliphatic heterocycles. The number of ether oxygens (including phenoxy) is 1. The van der Waals surface area contributed by atoms with Gasteiger partial charge in [0.05, 0.1) is 18.6 Å². The standard InChI is InChI=1S/C25H46N6O2/c1-3-4-5-6-7-8-9-12-19-17-20-13-14-21-22(18(2)29-25(30-19)31(20)21)23(32)33-16-11-10-15-28-24(26)27/h18-22H,3-17H2,1-2H3,(H,29,30)(H4,26,27,28). The number of carbonyl (C=O) groups excluding carboxylic acids is 1. The molecule has 0 spiro atoms. The van der Waals surface area contributed by atoms with Crippen molar-refractivity contribution in [3.05, 3.63) is 0 Å². The molecule has 0 saturated carbocycles. The highest BCUT2D eigenvalue weighted by atomic mass is 16.5. The van der Waals surface area contributed by atoms with Crippen molar-refractivity contribution in [2.75, 3.05) is 13.2 Å². The fourth-order valence-electron chi connectivity index (χ4n) is 5.75. The number of nitrogens with two attached hydrogens (primary N) is 2. The highest BCUT2D eigenvalue weighted by Gasteiger charge is 2.50. The van der Waals surface area contributed by atoms with Gasteiger partial charge >= 0.3 is 5.97 Å². The van der Waals surface area contributed by atoms with E-state index < -0.39 is 0 Å². The Kier molecular flexibility index (Phi) is 10.1. The van der Waals surface area contributed by atoms with Crippen LogP contribution in [0.1, 0.15) is 97.3 Å². The summed E-state index contributed by atoms with van der Waals surface area (Å²) in [5.74, 6) is 0.837. The molecule has 5 N–H and O–H groups in total. The number of aliphatic imine (C=N–C) groups is 2. The number of rotatable bonds is 14. The van der Waals surface area contributed by atoms with E-state index >= 15 is 0 Å². The Bertz CT molecular complexity index is 678. The zero-order valence-electron chi connectivity index (χ0n) is 20.8. The Balaban J connectivity index is 1.45. The molecule has 0 bridgehead atoms. The zero-order chi connectivity index (χ0) is 23.6. The minimum Gasteiger partial charge on any atom is -0.465 e. The molecule has 3 heterocycles. The van der Waals surface area contributed by atoms with Crippen LogP contribution in [0, 0.1) is 5.92 Å². The van der Waals surface area contributed by atoms with E-state index in [1.54, 1.807) is 0 Å². The van der Waals surface area contributed by atoms with Crippen LogP contribution in [0.2, 0.25) is 0 Å². The quantitative estimate of drug-likeness (QED) is 0.158. The molecule has 0 amide bonds. The summed E-state index contributed by atoms with van der Waals surface area (Å²) in [4.78, 5) is 24.2. The van der Waals surface area contributed by atoms with Gasteiger partial charge in [-0.2, -0.15) is 0 Å². The van der Waals surface area contributed by atoms with Crippen LogP contribution in [0.5, 0.6) is 0 Å². The predicted octanol–water partition coefficient (Wildman–Crippen LogP) is 3.29. The number of guanidine groups is 2. The van der Waals surface area contributed by atoms with E-state index in [9.17, 15) is 4.79 Å². The lowest BCUT2D eigenvalue weighted by Crippen LogP contribution is -2.63. The topological polar surface area (TPSA) is 118 Å². The lowest BCUT2D eigenvalue weighted by atomic mass is 9.89. The van der Waals surface area contributed by atoms with Crippen molar-refractivity contribution in [3.8, 4) is 0 Å². The summed E-state index contributed by atoms with van der Waals surface area (Å²) in [7, 11) is 0. The molecule has 0 aromatic carbocycles. The Morgan fingerprint density at radius 1 is 1.12 bits per heavy atom. The van der Waals surface area contributed by atoms with Crippen LogP contribution in [-0.2, 0) is 9.53 Å². The maximum Gasteiger partial charge on any atom is 0.313 e. The van der Waals surface area contributed by atoms with Gasteiger partial charge in [-0.15, -0.1) is 0 Å². The largest absolute Gasteiger partial charge is 0.465 e. The maximum absolute atomic E-state index is 12.9. The molecule has 0 radical (unpaired) electrons. The lowest BCUT2D eigenvalue weighted by Gasteiger charge is -2.46. The SMILES string of the molecule is CCCCCCCCCC1CC2CCC3C(C(=O)OCCCCN=C(N)N)C(C)N=C(N1)N23. The van der Waals surface area contributed by atoms with Crippen LogP contribution >= 0.6 is 0 Å². The number of esters is 1. The average Bonchev–Trinajstić information content (AvgIpc) is 3.19. The molecule has 5 unspecified atom stereocenters. The Hall–Kier alpha value is -1.99. The van der Waals surface area contributed by atoms with Gasteiger partial charge in [0.2, 0.25) is 0 Å². The molecule has 0 aromatic heterocycles. The number of nitrogens with zero attached hydrogens (tertiary/aromatic N) is 3. The minimum atomic E-state index is -0.182. The van der Waals surface area contributed by atoms with E-state index in [1.807, 2.05) is 0 Å². The van der Waals surface area contributed by atoms with Crippen molar-refractivity contribution >= 4 is 17.9 Å². The third-order valence-electron chi connectivity index (χ3n) is 7.46. The molecular formula is C25H46N6O2. The smallest absolute Gasteiger partial charge is 0.313 e. The summed E-state index contributed by atoms with van der Waals surface area (Å²) in [6, 6.07) is 1.17. The molecule has 33 heavy (non-hydrogen) atoms. The second-order valence-corrected chi connectivity index (χ2v) is 10.1. The first kappa shape index (κ1) is 25.6. The van der Waals surface area contributed by atoms with Crippen LogP contribution in [0.4, 0.5) is 0 Å². The van der Waals surface area contributed by atoms with Gasteiger partial charge in [-0.25, -0.2) is 4.99 Å². The number of nitrogens with one attached hydrogen (secondary N) is 1. The van der Waals surface area contributed by atoms with Gasteiger partial charge < -0.3 is 26.4 Å². The summed E-state index contributed by atoms with van der Waals surface area (Å²) in [5.41, 5.74) is 10.7. The maximum atomic E-state index is 12.9. The van der Waals surface area contributed by atoms with Crippen LogP contribution in [-0.4, -0.2) is 60.1 Å². The molecule has 8 nitrogen and oxygen atoms in total. The number of carbonyl (C=O) groups is 1. The van der Waals surface area contributed by atoms with Crippen molar-refractivity contribution in [1.82, 2.24) is 10.2 Å². The van der Waals surface area contributed by atoms with Gasteiger partial charge in [-0.05, 0) is 45.4 Å². The first-order valence-corrected chi connectivity index (χ1v) is 13.4. The highest BCUT2D eigenvalue weighted by Crippen LogP contribution is 2.39. The Morgan fingerprint density at radius 3 is 2.64 bits per heavy atom. The van der Waals surface area contributed by atoms with Crippen molar-refractivity contribution < 1.29 is 9.53 Å². The van der Waals surface area contributed by atoms with Crippen molar-refractivity contribution in [3.63, 3.8) is 0 Å². The first-order chi connectivity index (χ1) is 16.0. The van der Waals surface area contributed by atoms with E-state index in [0.717, 1.165) is 38.1 Å². The molecule has 188 valence electrons. The van der Waals surface area contributed by atoms with Crippen LogP contribution < -0.4 is 16.8 Å². The van der Waals surface area contributed by atoms with E-state index in [2.05, 4.69) is 29.1 Å². The van der Waals surface area contributed by atoms with E-state index in [1.165, 1.54) is 51.4 Å². The van der Waals surface area contributed by atoms with Crippen molar-refractivity contribution in [1.29, 1.82) is 0 Å². The Morgan fingerprint density at radius 2 is 1.88 bits per heavy atom. The first-order valence-electron chi connectivity index (χ1n) is 13.4. The summed E-state index contributed by atoms with van der Waals surface area (Å²) < 4.78 is 5.64. The van der Waals surface area contributed by atoms with Gasteiger partial charge in [0, 0.05) is 24.7 Å². The summed E-state index contributed by atoms with van der Waals surface area (Å²) in [5, 5.41) is 3.72. The molecule has 3 rings (SSSR count). The Labute approximate surface area is 200 Å². The third kappa shape index (κ3) is 7.24. The van der Waals surface area contributed by atoms with Gasteiger partial charge in [0.25, 0.3) is 0 Å². The molecule has 0 aromatic rings. The van der Waals surface area contributed by atoms with Gasteiger partial charge in [-0.1, -0.05) is 51.9 Å². The fourth-order valence-corrected chi connectivity index (χ4v) is 5.75. The predicted molar refractivity (Wildman–Crippen MR) is 134 cm³/mol. The summed E-state index contributed by atoms with van der Waals surface area (Å²) in [6.45, 7) is 5.30. The van der Waals surface area contributed by atoms with E-state index in [-0.39, 0.29) is 29.9 Å². The van der Waals surface area contributed by atoms with Crippen molar-refractivity contribution in [2.24, 2.45) is 27.4 Å². The highest BCUT2D eigenvalue weighted by molar-refractivity contribution is 5.86. The van der Waals surface area contributed by atoms with E-state index in [4.69, 9.17) is 21.2 Å². The van der Waals surface area contributed by atoms with Crippen molar-refractivity contribution in [2.45, 2.75) is 121 Å². The van der Waals surface area contributed by atoms with Crippen LogP contribution in [0.25, 0.3) is 0 Å². The second-order valence-electron chi connectivity index (χ2n) is 10.1. The van der Waals surface area contributed by atoms with E-state index in [0.29, 0.717) is 25.2 Å². The summed E-state index contributed by atoms with van der Waals surface area (Å²) >= 11 is 0. The van der Waals surface area contributed by atoms with Gasteiger partial charge in [0.1, 0.15) is 0 Å². The molecule has 2 saturated heterocycles.